The lowest BCUT2D eigenvalue weighted by molar-refractivity contribution is -0.134. The van der Waals surface area contributed by atoms with Crippen LogP contribution in [-0.4, -0.2) is 41.9 Å². The number of ether oxygens (including phenoxy) is 1. The molecule has 1 saturated heterocycles. The first kappa shape index (κ1) is 24.2. The molecule has 0 aliphatic carbocycles. The summed E-state index contributed by atoms with van der Waals surface area (Å²) >= 11 is 1.20. The molecule has 1 aliphatic heterocycles. The minimum Gasteiger partial charge on any atom is -0.462 e. The molecule has 1 aliphatic rings. The number of nitrogens with zero attached hydrogens (tertiary/aromatic N) is 1. The molecule has 4 amide bonds. The number of rotatable bonds is 8. The van der Waals surface area contributed by atoms with Crippen LogP contribution in [0.2, 0.25) is 0 Å². The molecule has 9 heteroatoms. The average Bonchev–Trinajstić information content (AvgIpc) is 3.40. The number of carbonyl (C=O) groups excluding carboxylic acids is 4. The van der Waals surface area contributed by atoms with Crippen LogP contribution in [0, 0.1) is 0 Å². The Morgan fingerprint density at radius 3 is 2.31 bits per heavy atom. The number of hydrogen-bond donors (Lipinski definition) is 2. The lowest BCUT2D eigenvalue weighted by atomic mass is 9.87. The zero-order valence-electron chi connectivity index (χ0n) is 19.4. The lowest BCUT2D eigenvalue weighted by Crippen LogP contribution is -2.44. The van der Waals surface area contributed by atoms with E-state index in [1.165, 1.54) is 11.3 Å². The molecule has 2 N–H and O–H groups in total. The lowest BCUT2D eigenvalue weighted by Gasteiger charge is -2.25. The van der Waals surface area contributed by atoms with Crippen molar-refractivity contribution in [3.8, 4) is 10.4 Å². The van der Waals surface area contributed by atoms with E-state index in [-0.39, 0.29) is 17.2 Å². The summed E-state index contributed by atoms with van der Waals surface area (Å²) in [5.41, 5.74) is 0.582. The van der Waals surface area contributed by atoms with Crippen molar-refractivity contribution in [3.05, 3.63) is 77.2 Å². The summed E-state index contributed by atoms with van der Waals surface area (Å²) in [4.78, 5) is 53.4. The van der Waals surface area contributed by atoms with E-state index in [9.17, 15) is 19.2 Å². The van der Waals surface area contributed by atoms with Crippen molar-refractivity contribution >= 4 is 40.8 Å². The SMILES string of the molecule is CCOC(=O)c1sc(-c2ccccc2)cc1NC(=O)CN1C(=O)NC(CC)(c2ccccc2)C1=O. The van der Waals surface area contributed by atoms with Gasteiger partial charge in [-0.3, -0.25) is 14.5 Å². The Kier molecular flexibility index (Phi) is 6.97. The molecule has 2 aromatic carbocycles. The molecule has 0 spiro atoms. The van der Waals surface area contributed by atoms with Gasteiger partial charge in [0.25, 0.3) is 5.91 Å². The molecule has 1 fully saturated rings. The number of esters is 1. The van der Waals surface area contributed by atoms with E-state index >= 15 is 0 Å². The van der Waals surface area contributed by atoms with Crippen LogP contribution in [0.3, 0.4) is 0 Å². The molecule has 0 bridgehead atoms. The zero-order chi connectivity index (χ0) is 25.0. The number of thiophene rings is 1. The number of anilines is 1. The van der Waals surface area contributed by atoms with Gasteiger partial charge in [-0.2, -0.15) is 0 Å². The quantitative estimate of drug-likeness (QED) is 0.359. The molecule has 8 nitrogen and oxygen atoms in total. The largest absolute Gasteiger partial charge is 0.462 e. The number of urea groups is 1. The maximum absolute atomic E-state index is 13.3. The highest BCUT2D eigenvalue weighted by atomic mass is 32.1. The second kappa shape index (κ2) is 10.1. The zero-order valence-corrected chi connectivity index (χ0v) is 20.2. The Balaban J connectivity index is 1.56. The molecule has 1 atom stereocenters. The van der Waals surface area contributed by atoms with Gasteiger partial charge in [0, 0.05) is 4.88 Å². The van der Waals surface area contributed by atoms with Crippen LogP contribution in [0.1, 0.15) is 35.5 Å². The highest BCUT2D eigenvalue weighted by Gasteiger charge is 2.51. The molecule has 3 aromatic rings. The van der Waals surface area contributed by atoms with E-state index in [0.717, 1.165) is 15.3 Å². The third kappa shape index (κ3) is 4.67. The van der Waals surface area contributed by atoms with Crippen LogP contribution >= 0.6 is 11.3 Å². The van der Waals surface area contributed by atoms with Crippen molar-refractivity contribution in [2.24, 2.45) is 0 Å². The van der Waals surface area contributed by atoms with Gasteiger partial charge in [-0.05, 0) is 30.5 Å². The Morgan fingerprint density at radius 1 is 1.03 bits per heavy atom. The van der Waals surface area contributed by atoms with Crippen molar-refractivity contribution in [1.82, 2.24) is 10.2 Å². The average molecular weight is 492 g/mol. The van der Waals surface area contributed by atoms with Crippen molar-refractivity contribution < 1.29 is 23.9 Å². The van der Waals surface area contributed by atoms with Gasteiger partial charge in [-0.15, -0.1) is 11.3 Å². The number of benzene rings is 2. The van der Waals surface area contributed by atoms with E-state index in [4.69, 9.17) is 4.74 Å². The fourth-order valence-corrected chi connectivity index (χ4v) is 5.05. The molecule has 4 rings (SSSR count). The second-order valence-electron chi connectivity index (χ2n) is 7.93. The van der Waals surface area contributed by atoms with Gasteiger partial charge < -0.3 is 15.4 Å². The molecule has 1 aromatic heterocycles. The van der Waals surface area contributed by atoms with Crippen LogP contribution in [0.25, 0.3) is 10.4 Å². The summed E-state index contributed by atoms with van der Waals surface area (Å²) < 4.78 is 5.15. The van der Waals surface area contributed by atoms with Crippen molar-refractivity contribution in [2.45, 2.75) is 25.8 Å². The summed E-state index contributed by atoms with van der Waals surface area (Å²) in [6.45, 7) is 3.20. The summed E-state index contributed by atoms with van der Waals surface area (Å²) in [5.74, 6) is -1.65. The molecule has 180 valence electrons. The summed E-state index contributed by atoms with van der Waals surface area (Å²) in [7, 11) is 0. The van der Waals surface area contributed by atoms with E-state index in [1.807, 2.05) is 36.4 Å². The van der Waals surface area contributed by atoms with Gasteiger partial charge in [0.15, 0.2) is 0 Å². The molecule has 2 heterocycles. The molecule has 0 saturated carbocycles. The number of carbonyl (C=O) groups is 4. The van der Waals surface area contributed by atoms with Gasteiger partial charge >= 0.3 is 12.0 Å². The van der Waals surface area contributed by atoms with E-state index in [2.05, 4.69) is 10.6 Å². The van der Waals surface area contributed by atoms with Crippen molar-refractivity contribution in [2.75, 3.05) is 18.5 Å². The first-order valence-electron chi connectivity index (χ1n) is 11.3. The van der Waals surface area contributed by atoms with Crippen molar-refractivity contribution in [1.29, 1.82) is 0 Å². The molecule has 35 heavy (non-hydrogen) atoms. The summed E-state index contributed by atoms with van der Waals surface area (Å²) in [5, 5.41) is 5.45. The predicted octanol–water partition coefficient (Wildman–Crippen LogP) is 4.39. The standard InChI is InChI=1S/C26H25N3O5S/c1-3-26(18-13-9-6-10-14-18)24(32)29(25(33)28-26)16-21(30)27-19-15-20(17-11-7-5-8-12-17)35-22(19)23(31)34-4-2/h5-15H,3-4,16H2,1-2H3,(H,27,30)(H,28,33). The van der Waals surface area contributed by atoms with Crippen LogP contribution in [0.5, 0.6) is 0 Å². The normalized spacial score (nSPS) is 17.3. The Bertz CT molecular complexity index is 1260. The van der Waals surface area contributed by atoms with Crippen LogP contribution in [-0.2, 0) is 19.9 Å². The van der Waals surface area contributed by atoms with Crippen molar-refractivity contribution in [3.63, 3.8) is 0 Å². The maximum Gasteiger partial charge on any atom is 0.350 e. The van der Waals surface area contributed by atoms with Crippen LogP contribution in [0.4, 0.5) is 10.5 Å². The Hall–Kier alpha value is -3.98. The van der Waals surface area contributed by atoms with Crippen LogP contribution in [0.15, 0.2) is 66.7 Å². The first-order valence-corrected chi connectivity index (χ1v) is 12.1. The first-order chi connectivity index (χ1) is 16.9. The van der Waals surface area contributed by atoms with E-state index in [1.54, 1.807) is 44.2 Å². The molecular weight excluding hydrogens is 466 g/mol. The fraction of sp³-hybridized carbons (Fsp3) is 0.231. The second-order valence-corrected chi connectivity index (χ2v) is 8.99. The summed E-state index contributed by atoms with van der Waals surface area (Å²) in [6.07, 6.45) is 0.331. The summed E-state index contributed by atoms with van der Waals surface area (Å²) in [6, 6.07) is 19.4. The number of imide groups is 1. The Morgan fingerprint density at radius 2 is 1.69 bits per heavy atom. The number of amides is 4. The van der Waals surface area contributed by atoms with Gasteiger partial charge in [-0.25, -0.2) is 9.59 Å². The topological polar surface area (TPSA) is 105 Å². The van der Waals surface area contributed by atoms with E-state index < -0.39 is 35.9 Å². The van der Waals surface area contributed by atoms with Gasteiger partial charge in [-0.1, -0.05) is 67.6 Å². The highest BCUT2D eigenvalue weighted by molar-refractivity contribution is 7.18. The molecule has 1 unspecified atom stereocenters. The minimum atomic E-state index is -1.22. The predicted molar refractivity (Wildman–Crippen MR) is 133 cm³/mol. The highest BCUT2D eigenvalue weighted by Crippen LogP contribution is 2.36. The third-order valence-electron chi connectivity index (χ3n) is 5.80. The fourth-order valence-electron chi connectivity index (χ4n) is 4.04. The molecular formula is C26H25N3O5S. The third-order valence-corrected chi connectivity index (χ3v) is 6.96. The minimum absolute atomic E-state index is 0.186. The maximum atomic E-state index is 13.3. The van der Waals surface area contributed by atoms with E-state index in [0.29, 0.717) is 12.0 Å². The van der Waals surface area contributed by atoms with Gasteiger partial charge in [0.05, 0.1) is 12.3 Å². The number of hydrogen-bond acceptors (Lipinski definition) is 6. The van der Waals surface area contributed by atoms with Gasteiger partial charge in [0.1, 0.15) is 17.0 Å². The smallest absolute Gasteiger partial charge is 0.350 e. The van der Waals surface area contributed by atoms with Gasteiger partial charge in [0.2, 0.25) is 5.91 Å². The monoisotopic (exact) mass is 491 g/mol. The number of nitrogens with one attached hydrogen (secondary N) is 2. The Labute approximate surface area is 206 Å². The molecule has 0 radical (unpaired) electrons. The van der Waals surface area contributed by atoms with Crippen LogP contribution < -0.4 is 10.6 Å².